The van der Waals surface area contributed by atoms with Crippen molar-refractivity contribution in [1.82, 2.24) is 0 Å². The average Bonchev–Trinajstić information content (AvgIpc) is 3.06. The van der Waals surface area contributed by atoms with Gasteiger partial charge in [0.15, 0.2) is 0 Å². The summed E-state index contributed by atoms with van der Waals surface area (Å²) in [7, 11) is 1.54. The highest BCUT2D eigenvalue weighted by molar-refractivity contribution is 5.99. The van der Waals surface area contributed by atoms with Crippen molar-refractivity contribution >= 4 is 17.3 Å². The highest BCUT2D eigenvalue weighted by Crippen LogP contribution is 2.42. The molecule has 0 aromatic heterocycles. The maximum absolute atomic E-state index is 13.7. The number of nitrogen functional groups attached to an aromatic ring is 1. The summed E-state index contributed by atoms with van der Waals surface area (Å²) in [4.78, 5) is 13.0. The molecule has 3 N–H and O–H groups in total. The van der Waals surface area contributed by atoms with Gasteiger partial charge in [-0.15, -0.1) is 0 Å². The molecule has 1 aliphatic carbocycles. The molecule has 0 unspecified atom stereocenters. The van der Waals surface area contributed by atoms with Crippen molar-refractivity contribution in [1.29, 1.82) is 0 Å². The number of hydrogen-bond acceptors (Lipinski definition) is 3. The molecule has 0 bridgehead atoms. The van der Waals surface area contributed by atoms with Gasteiger partial charge in [-0.25, -0.2) is 4.39 Å². The Morgan fingerprint density at radius 2 is 1.96 bits per heavy atom. The van der Waals surface area contributed by atoms with E-state index in [9.17, 15) is 9.18 Å². The largest absolute Gasteiger partial charge is 0.495 e. The van der Waals surface area contributed by atoms with Crippen LogP contribution in [0.5, 0.6) is 5.75 Å². The Bertz CT molecular complexity index is 755. The fourth-order valence-electron chi connectivity index (χ4n) is 3.47. The number of hydrogen-bond donors (Lipinski definition) is 2. The highest BCUT2D eigenvalue weighted by Gasteiger charge is 2.42. The number of carbonyl (C=O) groups is 1. The standard InChI is InChI=1S/C19H21FN2O2/c1-24-17-8-7-15(12-16(17)21)22-18(23)19(9-2-3-10-19)13-5-4-6-14(20)11-13/h4-8,11-12H,2-3,9-10,21H2,1H3,(H,22,23). The summed E-state index contributed by atoms with van der Waals surface area (Å²) in [5, 5.41) is 2.94. The molecule has 1 amide bonds. The van der Waals surface area contributed by atoms with E-state index in [0.717, 1.165) is 18.4 Å². The van der Waals surface area contributed by atoms with E-state index in [1.807, 2.05) is 6.07 Å². The number of anilines is 2. The van der Waals surface area contributed by atoms with E-state index in [0.29, 0.717) is 30.0 Å². The number of carbonyl (C=O) groups excluding carboxylic acids is 1. The minimum atomic E-state index is -0.684. The summed E-state index contributed by atoms with van der Waals surface area (Å²) in [5.74, 6) is 0.129. The molecule has 0 heterocycles. The van der Waals surface area contributed by atoms with Crippen molar-refractivity contribution in [3.8, 4) is 5.75 Å². The molecule has 4 nitrogen and oxygen atoms in total. The van der Waals surface area contributed by atoms with Gasteiger partial charge in [0.25, 0.3) is 0 Å². The number of ether oxygens (including phenoxy) is 1. The molecular weight excluding hydrogens is 307 g/mol. The molecule has 3 rings (SSSR count). The van der Waals surface area contributed by atoms with Crippen LogP contribution in [-0.4, -0.2) is 13.0 Å². The fraction of sp³-hybridized carbons (Fsp3) is 0.316. The number of nitrogens with one attached hydrogen (secondary N) is 1. The van der Waals surface area contributed by atoms with E-state index in [1.54, 1.807) is 31.4 Å². The first kappa shape index (κ1) is 16.3. The van der Waals surface area contributed by atoms with Crippen LogP contribution in [0.4, 0.5) is 15.8 Å². The maximum Gasteiger partial charge on any atom is 0.235 e. The van der Waals surface area contributed by atoms with Gasteiger partial charge in [-0.2, -0.15) is 0 Å². The molecule has 0 spiro atoms. The van der Waals surface area contributed by atoms with E-state index in [4.69, 9.17) is 10.5 Å². The molecule has 126 valence electrons. The third-order valence-electron chi connectivity index (χ3n) is 4.76. The van der Waals surface area contributed by atoms with Gasteiger partial charge in [-0.05, 0) is 48.7 Å². The molecule has 1 fully saturated rings. The number of amides is 1. The predicted molar refractivity (Wildman–Crippen MR) is 92.6 cm³/mol. The van der Waals surface area contributed by atoms with Crippen molar-refractivity contribution < 1.29 is 13.9 Å². The zero-order chi connectivity index (χ0) is 17.2. The Balaban J connectivity index is 1.89. The SMILES string of the molecule is COc1ccc(NC(=O)C2(c3cccc(F)c3)CCCC2)cc1N. The lowest BCUT2D eigenvalue weighted by atomic mass is 9.78. The van der Waals surface area contributed by atoms with Crippen molar-refractivity contribution in [3.63, 3.8) is 0 Å². The van der Waals surface area contributed by atoms with Gasteiger partial charge in [-0.1, -0.05) is 25.0 Å². The van der Waals surface area contributed by atoms with Crippen LogP contribution in [0.3, 0.4) is 0 Å². The third-order valence-corrected chi connectivity index (χ3v) is 4.76. The smallest absolute Gasteiger partial charge is 0.235 e. The molecule has 2 aromatic carbocycles. The van der Waals surface area contributed by atoms with E-state index >= 15 is 0 Å². The third kappa shape index (κ3) is 2.94. The molecule has 0 aliphatic heterocycles. The van der Waals surface area contributed by atoms with Gasteiger partial charge in [0.05, 0.1) is 18.2 Å². The van der Waals surface area contributed by atoms with E-state index in [1.165, 1.54) is 12.1 Å². The Hall–Kier alpha value is -2.56. The first-order valence-corrected chi connectivity index (χ1v) is 8.06. The zero-order valence-electron chi connectivity index (χ0n) is 13.6. The molecule has 5 heteroatoms. The lowest BCUT2D eigenvalue weighted by Crippen LogP contribution is -2.38. The second-order valence-corrected chi connectivity index (χ2v) is 6.21. The first-order valence-electron chi connectivity index (χ1n) is 8.06. The zero-order valence-corrected chi connectivity index (χ0v) is 13.6. The quantitative estimate of drug-likeness (QED) is 0.838. The van der Waals surface area contributed by atoms with Crippen molar-refractivity contribution in [2.24, 2.45) is 0 Å². The summed E-state index contributed by atoms with van der Waals surface area (Å²) in [6.07, 6.45) is 3.34. The Kier molecular flexibility index (Phi) is 4.42. The number of halogens is 1. The fourth-order valence-corrected chi connectivity index (χ4v) is 3.47. The molecule has 24 heavy (non-hydrogen) atoms. The van der Waals surface area contributed by atoms with E-state index in [2.05, 4.69) is 5.32 Å². The number of benzene rings is 2. The van der Waals surface area contributed by atoms with Gasteiger partial charge in [0.2, 0.25) is 5.91 Å². The summed E-state index contributed by atoms with van der Waals surface area (Å²) >= 11 is 0. The molecular formula is C19H21FN2O2. The Labute approximate surface area is 140 Å². The molecule has 0 radical (unpaired) electrons. The molecule has 0 saturated heterocycles. The van der Waals surface area contributed by atoms with Crippen LogP contribution in [0.15, 0.2) is 42.5 Å². The summed E-state index contributed by atoms with van der Waals surface area (Å²) in [5.41, 5.74) is 7.02. The second kappa shape index (κ2) is 6.51. The second-order valence-electron chi connectivity index (χ2n) is 6.21. The average molecular weight is 328 g/mol. The van der Waals surface area contributed by atoms with Gasteiger partial charge >= 0.3 is 0 Å². The Morgan fingerprint density at radius 1 is 1.21 bits per heavy atom. The summed E-state index contributed by atoms with van der Waals surface area (Å²) in [6.45, 7) is 0. The lowest BCUT2D eigenvalue weighted by Gasteiger charge is -2.28. The number of methoxy groups -OCH3 is 1. The van der Waals surface area contributed by atoms with Gasteiger partial charge in [-0.3, -0.25) is 4.79 Å². The van der Waals surface area contributed by atoms with E-state index < -0.39 is 5.41 Å². The molecule has 0 atom stereocenters. The van der Waals surface area contributed by atoms with E-state index in [-0.39, 0.29) is 11.7 Å². The van der Waals surface area contributed by atoms with Crippen molar-refractivity contribution in [2.75, 3.05) is 18.2 Å². The van der Waals surface area contributed by atoms with Crippen LogP contribution in [0.2, 0.25) is 0 Å². The van der Waals surface area contributed by atoms with Gasteiger partial charge < -0.3 is 15.8 Å². The molecule has 1 aliphatic rings. The molecule has 2 aromatic rings. The van der Waals surface area contributed by atoms with Crippen molar-refractivity contribution in [3.05, 3.63) is 53.8 Å². The van der Waals surface area contributed by atoms with Crippen LogP contribution < -0.4 is 15.8 Å². The summed E-state index contributed by atoms with van der Waals surface area (Å²) < 4.78 is 18.8. The van der Waals surface area contributed by atoms with Crippen LogP contribution in [0, 0.1) is 5.82 Å². The topological polar surface area (TPSA) is 64.3 Å². The van der Waals surface area contributed by atoms with Crippen LogP contribution in [-0.2, 0) is 10.2 Å². The van der Waals surface area contributed by atoms with Gasteiger partial charge in [0, 0.05) is 5.69 Å². The van der Waals surface area contributed by atoms with Crippen molar-refractivity contribution in [2.45, 2.75) is 31.1 Å². The highest BCUT2D eigenvalue weighted by atomic mass is 19.1. The normalized spacial score (nSPS) is 15.9. The lowest BCUT2D eigenvalue weighted by molar-refractivity contribution is -0.121. The Morgan fingerprint density at radius 3 is 2.58 bits per heavy atom. The minimum Gasteiger partial charge on any atom is -0.495 e. The van der Waals surface area contributed by atoms with Crippen LogP contribution >= 0.6 is 0 Å². The van der Waals surface area contributed by atoms with Crippen LogP contribution in [0.25, 0.3) is 0 Å². The number of rotatable bonds is 4. The summed E-state index contributed by atoms with van der Waals surface area (Å²) in [6, 6.07) is 11.5. The van der Waals surface area contributed by atoms with Crippen LogP contribution in [0.1, 0.15) is 31.2 Å². The maximum atomic E-state index is 13.7. The predicted octanol–water partition coefficient (Wildman–Crippen LogP) is 3.87. The minimum absolute atomic E-state index is 0.116. The number of nitrogens with two attached hydrogens (primary N) is 1. The monoisotopic (exact) mass is 328 g/mol. The molecule has 1 saturated carbocycles. The van der Waals surface area contributed by atoms with Gasteiger partial charge in [0.1, 0.15) is 11.6 Å². The first-order chi connectivity index (χ1) is 11.5.